The van der Waals surface area contributed by atoms with Crippen molar-refractivity contribution >= 4 is 61.9 Å². The quantitative estimate of drug-likeness (QED) is 0.175. The Morgan fingerprint density at radius 1 is 1.14 bits per heavy atom. The number of aromatic nitrogens is 2. The van der Waals surface area contributed by atoms with Gasteiger partial charge in [-0.15, -0.1) is 0 Å². The molecule has 3 heterocycles. The van der Waals surface area contributed by atoms with Gasteiger partial charge in [-0.05, 0) is 40.8 Å². The maximum absolute atomic E-state index is 6.98. The van der Waals surface area contributed by atoms with Gasteiger partial charge < -0.3 is 23.1 Å². The molecule has 4 rings (SSSR count). The Labute approximate surface area is 242 Å². The molecular formula is C26H42ClIN2O5Si2. The number of nitrogens with zero attached hydrogens (tertiary/aromatic N) is 2. The van der Waals surface area contributed by atoms with Crippen molar-refractivity contribution in [3.63, 3.8) is 0 Å². The summed E-state index contributed by atoms with van der Waals surface area (Å²) in [5, 5.41) is 0.452. The maximum atomic E-state index is 6.98. The molecule has 3 atom stereocenters. The SMILES string of the molecule is CC(C)(C)[Si]1(C(C)(C)C)OC[C@H]2OC[C@@H](Oc3nc4cc(I)c(Cl)cc4n3COCC[Si](C)(C)C)[C@@H]2O1. The van der Waals surface area contributed by atoms with Crippen LogP contribution in [0.15, 0.2) is 12.1 Å². The van der Waals surface area contributed by atoms with E-state index in [4.69, 9.17) is 39.6 Å². The van der Waals surface area contributed by atoms with Gasteiger partial charge in [0.15, 0.2) is 6.10 Å². The average Bonchev–Trinajstić information content (AvgIpc) is 3.30. The highest BCUT2D eigenvalue weighted by molar-refractivity contribution is 14.1. The number of ether oxygens (including phenoxy) is 3. The minimum atomic E-state index is -2.66. The van der Waals surface area contributed by atoms with Crippen molar-refractivity contribution in [3.8, 4) is 6.01 Å². The third-order valence-corrected chi connectivity index (χ3v) is 15.5. The van der Waals surface area contributed by atoms with Gasteiger partial charge in [-0.3, -0.25) is 4.57 Å². The first-order valence-electron chi connectivity index (χ1n) is 13.1. The summed E-state index contributed by atoms with van der Waals surface area (Å²) in [5.74, 6) is 0. The molecule has 1 aromatic carbocycles. The van der Waals surface area contributed by atoms with Crippen LogP contribution in [0.4, 0.5) is 0 Å². The van der Waals surface area contributed by atoms with Gasteiger partial charge >= 0.3 is 8.56 Å². The van der Waals surface area contributed by atoms with Crippen molar-refractivity contribution in [1.82, 2.24) is 9.55 Å². The molecule has 2 aromatic rings. The molecule has 11 heteroatoms. The van der Waals surface area contributed by atoms with Crippen LogP contribution in [-0.4, -0.2) is 64.3 Å². The summed E-state index contributed by atoms with van der Waals surface area (Å²) in [5.41, 5.74) is 1.72. The van der Waals surface area contributed by atoms with Crippen molar-refractivity contribution in [1.29, 1.82) is 0 Å². The first-order valence-corrected chi connectivity index (χ1v) is 20.0. The van der Waals surface area contributed by atoms with Crippen molar-refractivity contribution in [2.24, 2.45) is 0 Å². The molecule has 0 bridgehead atoms. The van der Waals surface area contributed by atoms with Crippen LogP contribution in [0.5, 0.6) is 6.01 Å². The van der Waals surface area contributed by atoms with Crippen LogP contribution in [0.3, 0.4) is 0 Å². The van der Waals surface area contributed by atoms with Gasteiger partial charge in [0.1, 0.15) is 18.9 Å². The second kappa shape index (κ2) is 10.6. The molecule has 0 saturated carbocycles. The Bertz CT molecular complexity index is 1110. The highest BCUT2D eigenvalue weighted by atomic mass is 127. The predicted octanol–water partition coefficient (Wildman–Crippen LogP) is 7.21. The number of hydrogen-bond acceptors (Lipinski definition) is 6. The molecule has 0 unspecified atom stereocenters. The highest BCUT2D eigenvalue weighted by Crippen LogP contribution is 2.55. The summed E-state index contributed by atoms with van der Waals surface area (Å²) in [6.45, 7) is 22.4. The summed E-state index contributed by atoms with van der Waals surface area (Å²) in [4.78, 5) is 4.85. The largest absolute Gasteiger partial charge is 0.456 e. The first kappa shape index (κ1) is 29.8. The highest BCUT2D eigenvalue weighted by Gasteiger charge is 2.64. The van der Waals surface area contributed by atoms with E-state index in [1.807, 2.05) is 16.7 Å². The van der Waals surface area contributed by atoms with Crippen LogP contribution in [0.25, 0.3) is 11.0 Å². The molecule has 37 heavy (non-hydrogen) atoms. The van der Waals surface area contributed by atoms with E-state index in [9.17, 15) is 0 Å². The topological polar surface area (TPSA) is 64.0 Å². The fourth-order valence-corrected chi connectivity index (χ4v) is 11.7. The number of hydrogen-bond donors (Lipinski definition) is 0. The van der Waals surface area contributed by atoms with E-state index < -0.39 is 16.6 Å². The Hall–Kier alpha value is -0.216. The summed E-state index contributed by atoms with van der Waals surface area (Å²) in [6, 6.07) is 5.52. The fraction of sp³-hybridized carbons (Fsp3) is 0.731. The lowest BCUT2D eigenvalue weighted by molar-refractivity contribution is -0.0659. The van der Waals surface area contributed by atoms with Gasteiger partial charge in [-0.2, -0.15) is 4.98 Å². The zero-order valence-electron chi connectivity index (χ0n) is 23.6. The second-order valence-electron chi connectivity index (χ2n) is 13.5. The van der Waals surface area contributed by atoms with Crippen LogP contribution in [0.1, 0.15) is 41.5 Å². The summed E-state index contributed by atoms with van der Waals surface area (Å²) in [7, 11) is -3.86. The van der Waals surface area contributed by atoms with Crippen LogP contribution < -0.4 is 4.74 Å². The fourth-order valence-electron chi connectivity index (χ4n) is 5.36. The van der Waals surface area contributed by atoms with E-state index in [-0.39, 0.29) is 28.4 Å². The molecule has 1 aromatic heterocycles. The molecule has 2 fully saturated rings. The van der Waals surface area contributed by atoms with Crippen LogP contribution in [-0.2, 0) is 25.1 Å². The third-order valence-electron chi connectivity index (χ3n) is 7.16. The molecule has 7 nitrogen and oxygen atoms in total. The maximum Gasteiger partial charge on any atom is 0.349 e. The van der Waals surface area contributed by atoms with E-state index in [1.165, 1.54) is 0 Å². The number of rotatable bonds is 7. The van der Waals surface area contributed by atoms with Gasteiger partial charge in [0.05, 0.1) is 29.3 Å². The van der Waals surface area contributed by atoms with E-state index in [0.717, 1.165) is 20.6 Å². The van der Waals surface area contributed by atoms with Crippen molar-refractivity contribution in [3.05, 3.63) is 20.7 Å². The van der Waals surface area contributed by atoms with Gasteiger partial charge in [-0.1, -0.05) is 72.8 Å². The van der Waals surface area contributed by atoms with Gasteiger partial charge in [-0.25, -0.2) is 0 Å². The zero-order chi connectivity index (χ0) is 27.4. The number of halogens is 2. The van der Waals surface area contributed by atoms with Crippen molar-refractivity contribution in [2.45, 2.75) is 102 Å². The number of imidazole rings is 1. The lowest BCUT2D eigenvalue weighted by Crippen LogP contribution is -2.65. The van der Waals surface area contributed by atoms with E-state index in [0.29, 0.717) is 37.6 Å². The molecule has 0 spiro atoms. The zero-order valence-corrected chi connectivity index (χ0v) is 28.5. The Morgan fingerprint density at radius 2 is 1.81 bits per heavy atom. The number of fused-ring (bicyclic) bond motifs is 2. The predicted molar refractivity (Wildman–Crippen MR) is 162 cm³/mol. The minimum Gasteiger partial charge on any atom is -0.456 e. The molecule has 2 aliphatic rings. The lowest BCUT2D eigenvalue weighted by atomic mass is 10.1. The molecule has 0 N–H and O–H groups in total. The van der Waals surface area contributed by atoms with Gasteiger partial charge in [0.25, 0.3) is 6.01 Å². The Kier molecular flexibility index (Phi) is 8.56. The summed E-state index contributed by atoms with van der Waals surface area (Å²) >= 11 is 8.73. The summed E-state index contributed by atoms with van der Waals surface area (Å²) < 4.78 is 35.3. The molecule has 208 valence electrons. The second-order valence-corrected chi connectivity index (χ2v) is 25.4. The normalized spacial score (nSPS) is 24.5. The van der Waals surface area contributed by atoms with Crippen LogP contribution in [0, 0.1) is 3.57 Å². The van der Waals surface area contributed by atoms with Crippen LogP contribution >= 0.6 is 34.2 Å². The molecule has 2 aliphatic heterocycles. The lowest BCUT2D eigenvalue weighted by Gasteiger charge is -2.53. The Morgan fingerprint density at radius 3 is 2.43 bits per heavy atom. The number of benzene rings is 1. The van der Waals surface area contributed by atoms with Gasteiger partial charge in [0.2, 0.25) is 0 Å². The smallest absolute Gasteiger partial charge is 0.349 e. The monoisotopic (exact) mass is 680 g/mol. The van der Waals surface area contributed by atoms with E-state index in [2.05, 4.69) is 83.8 Å². The Balaban J connectivity index is 1.62. The van der Waals surface area contributed by atoms with Crippen molar-refractivity contribution in [2.75, 3.05) is 19.8 Å². The standard InChI is InChI=1S/C26H42ClIN2O5Si2/c1-25(2,3)37(26(4,5)6)33-15-21-23(35-37)22(14-32-21)34-24-29-19-13-18(28)17(27)12-20(19)30(24)16-31-10-11-36(7,8)9/h12-13,21-23H,10-11,14-16H2,1-9H3/t21-,22-,23-/m1/s1. The third kappa shape index (κ3) is 6.11. The van der Waals surface area contributed by atoms with E-state index in [1.54, 1.807) is 0 Å². The molecule has 2 saturated heterocycles. The first-order chi connectivity index (χ1) is 17.0. The molecule has 0 radical (unpaired) electrons. The van der Waals surface area contributed by atoms with E-state index >= 15 is 0 Å². The van der Waals surface area contributed by atoms with Crippen LogP contribution in [0.2, 0.25) is 40.8 Å². The summed E-state index contributed by atoms with van der Waals surface area (Å²) in [6.07, 6.45) is -0.669. The molecule has 0 aliphatic carbocycles. The average molecular weight is 681 g/mol. The molecular weight excluding hydrogens is 639 g/mol. The van der Waals surface area contributed by atoms with Crippen molar-refractivity contribution < 1.29 is 23.1 Å². The minimum absolute atomic E-state index is 0.117. The van der Waals surface area contributed by atoms with Gasteiger partial charge in [0, 0.05) is 28.3 Å². The molecule has 0 amide bonds.